The second kappa shape index (κ2) is 25.6. The Morgan fingerprint density at radius 3 is 1.41 bits per heavy atom. The van der Waals surface area contributed by atoms with Gasteiger partial charge in [-0.2, -0.15) is 0 Å². The molecule has 0 spiro atoms. The lowest BCUT2D eigenvalue weighted by atomic mass is 10.1. The summed E-state index contributed by atoms with van der Waals surface area (Å²) in [6, 6.07) is 10.7. The Kier molecular flexibility index (Phi) is 19.6. The maximum absolute atomic E-state index is 14.8. The molecule has 0 fully saturated rings. The zero-order valence-electron chi connectivity index (χ0n) is 52.5. The second-order valence-corrected chi connectivity index (χ2v) is 35.3. The van der Waals surface area contributed by atoms with Gasteiger partial charge >= 0.3 is 18.3 Å². The standard InChI is InChI=1S/C64H85N5O14Si2/c1-20-25-77-60(73)68-47-34-53(51(75-14)32-45(47)55(70)66-36-40(3)27-49(66)57(68)82-84(16,17)63(8,9)10)79-38-43-29-42(23-22-24-65-59(72)81-62(5,6)7)30-44(31-43)39-80-54-35-48-46(33-52(54)76-15)56(71)67-37-41(4)28-50(67)58(69(48)61(74)78-26-21-2)83-85(18,19)64(11,12)13/h20-21,29-37,49-50,57-58H,1-2,24-28,38-39H2,3-19H3,(H,65,72)/t49-,50-,57-,58-/m0/s1. The molecule has 0 radical (unpaired) electrons. The number of nitrogens with one attached hydrogen (secondary N) is 1. The number of methoxy groups -OCH3 is 2. The van der Waals surface area contributed by atoms with Gasteiger partial charge in [0.05, 0.1) is 55.3 Å². The summed E-state index contributed by atoms with van der Waals surface area (Å²) in [4.78, 5) is 77.3. The van der Waals surface area contributed by atoms with Crippen LogP contribution in [0.5, 0.6) is 23.0 Å². The summed E-state index contributed by atoms with van der Waals surface area (Å²) >= 11 is 0. The Morgan fingerprint density at radius 1 is 0.635 bits per heavy atom. The Balaban J connectivity index is 1.30. The molecule has 0 unspecified atom stereocenters. The SMILES string of the molecule is C=CCOC(=O)N1c2cc(OCc3cc(C#CCNC(=O)OC(C)(C)C)cc(COc4cc5c(cc4OC)C(=O)N4C=C(C)C[C@H]4[C@H](O[Si](C)(C)C(C)(C)C)N5C(=O)OCC=C)c3)c(OC)cc2C(=O)N2C=C(C)C[C@H]2[C@@H]1O[Si](C)(C)C(C)(C)C. The smallest absolute Gasteiger partial charge is 0.416 e. The lowest BCUT2D eigenvalue weighted by molar-refractivity contribution is 0.0534. The number of carbonyl (C=O) groups is 5. The first kappa shape index (κ1) is 65.0. The van der Waals surface area contributed by atoms with Crippen LogP contribution in [0, 0.1) is 11.8 Å². The molecule has 3 aromatic carbocycles. The molecule has 4 heterocycles. The van der Waals surface area contributed by atoms with Crippen molar-refractivity contribution in [2.75, 3.05) is 43.8 Å². The van der Waals surface area contributed by atoms with Gasteiger partial charge in [0.1, 0.15) is 32.0 Å². The van der Waals surface area contributed by atoms with Crippen molar-refractivity contribution < 1.29 is 66.0 Å². The first-order valence-electron chi connectivity index (χ1n) is 28.5. The predicted octanol–water partition coefficient (Wildman–Crippen LogP) is 13.0. The van der Waals surface area contributed by atoms with Crippen molar-refractivity contribution in [3.63, 3.8) is 0 Å². The lowest BCUT2D eigenvalue weighted by Gasteiger charge is -2.44. The molecule has 21 heteroatoms. The summed E-state index contributed by atoms with van der Waals surface area (Å²) in [5.74, 6) is 6.30. The number of carbonyl (C=O) groups excluding carboxylic acids is 5. The molecule has 0 aromatic heterocycles. The van der Waals surface area contributed by atoms with Crippen molar-refractivity contribution in [1.82, 2.24) is 15.1 Å². The fraction of sp³-hybridized carbons (Fsp3) is 0.484. The average molecular weight is 1200 g/mol. The molecule has 0 aliphatic carbocycles. The molecule has 85 heavy (non-hydrogen) atoms. The number of fused-ring (bicyclic) bond motifs is 4. The van der Waals surface area contributed by atoms with E-state index in [2.05, 4.69) is 98.0 Å². The van der Waals surface area contributed by atoms with E-state index in [1.807, 2.05) is 32.0 Å². The van der Waals surface area contributed by atoms with Gasteiger partial charge in [-0.05, 0) is 125 Å². The maximum Gasteiger partial charge on any atom is 0.416 e. The topological polar surface area (TPSA) is 193 Å². The number of nitrogens with zero attached hydrogens (tertiary/aromatic N) is 4. The molecule has 4 aliphatic heterocycles. The van der Waals surface area contributed by atoms with Crippen LogP contribution in [-0.2, 0) is 36.3 Å². The zero-order chi connectivity index (χ0) is 62.7. The van der Waals surface area contributed by atoms with Crippen LogP contribution >= 0.6 is 0 Å². The Morgan fingerprint density at radius 2 is 1.05 bits per heavy atom. The van der Waals surface area contributed by atoms with E-state index in [0.29, 0.717) is 29.5 Å². The van der Waals surface area contributed by atoms with Crippen LogP contribution in [0.1, 0.15) is 126 Å². The van der Waals surface area contributed by atoms with E-state index in [1.54, 1.807) is 67.2 Å². The molecule has 0 saturated carbocycles. The van der Waals surface area contributed by atoms with Crippen molar-refractivity contribution >= 4 is 58.1 Å². The molecule has 7 rings (SSSR count). The summed E-state index contributed by atoms with van der Waals surface area (Å²) in [7, 11) is -2.38. The van der Waals surface area contributed by atoms with E-state index in [0.717, 1.165) is 11.1 Å². The van der Waals surface area contributed by atoms with Crippen LogP contribution < -0.4 is 34.1 Å². The molecule has 0 saturated heterocycles. The largest absolute Gasteiger partial charge is 0.493 e. The van der Waals surface area contributed by atoms with Crippen LogP contribution in [0.25, 0.3) is 0 Å². The van der Waals surface area contributed by atoms with E-state index in [1.165, 1.54) is 36.2 Å². The number of anilines is 2. The van der Waals surface area contributed by atoms with Crippen LogP contribution in [0.4, 0.5) is 25.8 Å². The first-order valence-corrected chi connectivity index (χ1v) is 34.3. The average Bonchev–Trinajstić information content (AvgIpc) is 1.85. The number of rotatable bonds is 17. The molecule has 4 aliphatic rings. The first-order chi connectivity index (χ1) is 39.7. The van der Waals surface area contributed by atoms with Crippen molar-refractivity contribution in [3.8, 4) is 34.8 Å². The number of amides is 5. The van der Waals surface area contributed by atoms with Crippen molar-refractivity contribution in [2.24, 2.45) is 0 Å². The quantitative estimate of drug-likeness (QED) is 0.0580. The van der Waals surface area contributed by atoms with Gasteiger partial charge in [0, 0.05) is 30.1 Å². The molecule has 0 bridgehead atoms. The van der Waals surface area contributed by atoms with E-state index < -0.39 is 65.1 Å². The zero-order valence-corrected chi connectivity index (χ0v) is 54.5. The van der Waals surface area contributed by atoms with E-state index in [4.69, 9.17) is 42.0 Å². The van der Waals surface area contributed by atoms with Crippen molar-refractivity contribution in [1.29, 1.82) is 0 Å². The van der Waals surface area contributed by atoms with Crippen LogP contribution in [0.3, 0.4) is 0 Å². The third-order valence-corrected chi connectivity index (χ3v) is 24.8. The van der Waals surface area contributed by atoms with E-state index >= 15 is 0 Å². The minimum Gasteiger partial charge on any atom is -0.493 e. The molecular formula is C64H85N5O14Si2. The molecule has 5 amide bonds. The van der Waals surface area contributed by atoms with Crippen LogP contribution in [0.2, 0.25) is 36.3 Å². The summed E-state index contributed by atoms with van der Waals surface area (Å²) < 4.78 is 56.4. The Labute approximate surface area is 503 Å². The minimum absolute atomic E-state index is 0.0312. The van der Waals surface area contributed by atoms with Gasteiger partial charge in [-0.25, -0.2) is 24.2 Å². The fourth-order valence-electron chi connectivity index (χ4n) is 9.73. The molecule has 1 N–H and O–H groups in total. The molecule has 19 nitrogen and oxygen atoms in total. The minimum atomic E-state index is -2.66. The number of benzene rings is 3. The molecule has 4 atom stereocenters. The molecule has 458 valence electrons. The molecule has 3 aromatic rings. The number of hydrogen-bond acceptors (Lipinski definition) is 14. The third kappa shape index (κ3) is 14.6. The number of hydrogen-bond donors (Lipinski definition) is 1. The summed E-state index contributed by atoms with van der Waals surface area (Å²) in [5.41, 5.74) is 3.71. The van der Waals surface area contributed by atoms with Gasteiger partial charge in [-0.15, -0.1) is 0 Å². The van der Waals surface area contributed by atoms with Crippen LogP contribution in [0.15, 0.2) is 91.3 Å². The van der Waals surface area contributed by atoms with E-state index in [-0.39, 0.29) is 100 Å². The summed E-state index contributed by atoms with van der Waals surface area (Å²) in [6.45, 7) is 37.4. The van der Waals surface area contributed by atoms with Gasteiger partial charge in [0.2, 0.25) is 0 Å². The summed E-state index contributed by atoms with van der Waals surface area (Å²) in [6.07, 6.45) is 3.48. The summed E-state index contributed by atoms with van der Waals surface area (Å²) in [5, 5.41) is 2.13. The van der Waals surface area contributed by atoms with Gasteiger partial charge in [-0.1, -0.05) is 89.8 Å². The fourth-order valence-corrected chi connectivity index (χ4v) is 12.2. The van der Waals surface area contributed by atoms with Gasteiger partial charge in [0.15, 0.2) is 52.1 Å². The van der Waals surface area contributed by atoms with E-state index in [9.17, 15) is 24.0 Å². The van der Waals surface area contributed by atoms with Gasteiger partial charge < -0.3 is 57.1 Å². The van der Waals surface area contributed by atoms with Crippen molar-refractivity contribution in [3.05, 3.63) is 119 Å². The van der Waals surface area contributed by atoms with Gasteiger partial charge in [0.25, 0.3) is 11.8 Å². The van der Waals surface area contributed by atoms with Crippen LogP contribution in [-0.4, -0.2) is 121 Å². The van der Waals surface area contributed by atoms with Crippen molar-refractivity contribution in [2.45, 2.75) is 169 Å². The lowest BCUT2D eigenvalue weighted by Crippen LogP contribution is -2.57. The number of ether oxygens (including phenoxy) is 7. The van der Waals surface area contributed by atoms with Gasteiger partial charge in [-0.3, -0.25) is 9.59 Å². The highest BCUT2D eigenvalue weighted by atomic mass is 28.4. The molecular weight excluding hydrogens is 1120 g/mol. The highest BCUT2D eigenvalue weighted by Crippen LogP contribution is 2.48. The normalized spacial score (nSPS) is 18.6. The Bertz CT molecular complexity index is 3050. The Hall–Kier alpha value is -7.52. The predicted molar refractivity (Wildman–Crippen MR) is 331 cm³/mol. The third-order valence-electron chi connectivity index (χ3n) is 16.0. The second-order valence-electron chi connectivity index (χ2n) is 25.7. The number of alkyl carbamates (subject to hydrolysis) is 1. The maximum atomic E-state index is 14.8. The highest BCUT2D eigenvalue weighted by Gasteiger charge is 2.53. The monoisotopic (exact) mass is 1200 g/mol. The highest BCUT2D eigenvalue weighted by molar-refractivity contribution is 6.74.